The lowest BCUT2D eigenvalue weighted by molar-refractivity contribution is -0.385. The summed E-state index contributed by atoms with van der Waals surface area (Å²) in [4.78, 5) is 25.2. The Morgan fingerprint density at radius 2 is 2.28 bits per heavy atom. The molecule has 1 aromatic heterocycles. The number of nitrogens with one attached hydrogen (secondary N) is 1. The monoisotopic (exact) mass is 251 g/mol. The fraction of sp³-hybridized carbons (Fsp3) is 0.455. The number of hydrogen-bond acceptors (Lipinski definition) is 5. The minimum absolute atomic E-state index is 0.0705. The van der Waals surface area contributed by atoms with Gasteiger partial charge in [-0.25, -0.2) is 9.78 Å². The summed E-state index contributed by atoms with van der Waals surface area (Å²) in [6, 6.07) is 2.10. The normalized spacial score (nSPS) is 16.1. The Hall–Kier alpha value is -2.18. The Labute approximate surface area is 103 Å². The van der Waals surface area contributed by atoms with Crippen molar-refractivity contribution in [2.24, 2.45) is 5.92 Å². The van der Waals surface area contributed by atoms with E-state index >= 15 is 0 Å². The van der Waals surface area contributed by atoms with E-state index < -0.39 is 16.9 Å². The van der Waals surface area contributed by atoms with Crippen molar-refractivity contribution >= 4 is 17.5 Å². The first-order chi connectivity index (χ1) is 8.49. The second-order valence-electron chi connectivity index (χ2n) is 4.36. The van der Waals surface area contributed by atoms with E-state index in [2.05, 4.69) is 10.3 Å². The SMILES string of the molecule is Cc1nc(NC(C(=O)O)C2CC2)ccc1[N+](=O)[O-]. The molecule has 18 heavy (non-hydrogen) atoms. The van der Waals surface area contributed by atoms with Gasteiger partial charge in [0.15, 0.2) is 0 Å². The maximum atomic E-state index is 11.0. The minimum atomic E-state index is -0.921. The van der Waals surface area contributed by atoms with Gasteiger partial charge in [0.25, 0.3) is 5.69 Å². The van der Waals surface area contributed by atoms with Gasteiger partial charge in [0, 0.05) is 6.07 Å². The second kappa shape index (κ2) is 4.59. The van der Waals surface area contributed by atoms with Crippen LogP contribution in [0, 0.1) is 23.0 Å². The van der Waals surface area contributed by atoms with E-state index in [1.165, 1.54) is 19.1 Å². The zero-order valence-corrected chi connectivity index (χ0v) is 9.79. The fourth-order valence-corrected chi connectivity index (χ4v) is 1.80. The number of pyridine rings is 1. The van der Waals surface area contributed by atoms with Crippen molar-refractivity contribution < 1.29 is 14.8 Å². The highest BCUT2D eigenvalue weighted by Gasteiger charge is 2.36. The highest BCUT2D eigenvalue weighted by atomic mass is 16.6. The van der Waals surface area contributed by atoms with Crippen LogP contribution in [0.2, 0.25) is 0 Å². The number of carboxylic acids is 1. The third kappa shape index (κ3) is 2.55. The quantitative estimate of drug-likeness (QED) is 0.607. The lowest BCUT2D eigenvalue weighted by atomic mass is 10.2. The van der Waals surface area contributed by atoms with Crippen molar-refractivity contribution in [3.8, 4) is 0 Å². The Balaban J connectivity index is 2.16. The first-order valence-electron chi connectivity index (χ1n) is 5.60. The number of anilines is 1. The molecule has 1 fully saturated rings. The Bertz CT molecular complexity index is 499. The van der Waals surface area contributed by atoms with E-state index in [0.29, 0.717) is 5.82 Å². The molecule has 1 aromatic rings. The van der Waals surface area contributed by atoms with Crippen LogP contribution in [0.5, 0.6) is 0 Å². The van der Waals surface area contributed by atoms with Gasteiger partial charge in [0.2, 0.25) is 0 Å². The molecule has 1 heterocycles. The van der Waals surface area contributed by atoms with Gasteiger partial charge in [-0.2, -0.15) is 0 Å². The van der Waals surface area contributed by atoms with Gasteiger partial charge in [-0.05, 0) is 31.7 Å². The summed E-state index contributed by atoms with van der Waals surface area (Å²) >= 11 is 0. The van der Waals surface area contributed by atoms with Crippen LogP contribution in [0.15, 0.2) is 12.1 Å². The van der Waals surface area contributed by atoms with Gasteiger partial charge in [0.05, 0.1) is 4.92 Å². The molecular formula is C11H13N3O4. The summed E-state index contributed by atoms with van der Waals surface area (Å²) in [6.07, 6.45) is 1.77. The molecule has 1 saturated carbocycles. The molecule has 2 N–H and O–H groups in total. The number of rotatable bonds is 5. The predicted molar refractivity (Wildman–Crippen MR) is 63.4 cm³/mol. The molecule has 1 atom stereocenters. The fourth-order valence-electron chi connectivity index (χ4n) is 1.80. The van der Waals surface area contributed by atoms with Gasteiger partial charge in [-0.3, -0.25) is 10.1 Å². The molecule has 2 rings (SSSR count). The summed E-state index contributed by atoms with van der Waals surface area (Å²) in [5.74, 6) is -0.437. The molecule has 1 aliphatic rings. The number of hydrogen-bond donors (Lipinski definition) is 2. The van der Waals surface area contributed by atoms with Gasteiger partial charge < -0.3 is 10.4 Å². The Morgan fingerprint density at radius 3 is 2.72 bits per heavy atom. The lowest BCUT2D eigenvalue weighted by Crippen LogP contribution is -2.31. The van der Waals surface area contributed by atoms with Crippen LogP contribution in [0.25, 0.3) is 0 Å². The van der Waals surface area contributed by atoms with Crippen molar-refractivity contribution in [3.05, 3.63) is 27.9 Å². The summed E-state index contributed by atoms with van der Waals surface area (Å²) in [5, 5.41) is 22.5. The number of nitrogens with zero attached hydrogens (tertiary/aromatic N) is 2. The third-order valence-electron chi connectivity index (χ3n) is 2.92. The van der Waals surface area contributed by atoms with Crippen molar-refractivity contribution in [2.45, 2.75) is 25.8 Å². The smallest absolute Gasteiger partial charge is 0.326 e. The maximum absolute atomic E-state index is 11.0. The van der Waals surface area contributed by atoms with Crippen molar-refractivity contribution in [1.29, 1.82) is 0 Å². The lowest BCUT2D eigenvalue weighted by Gasteiger charge is -2.14. The molecule has 1 aliphatic carbocycles. The number of carboxylic acid groups (broad SMARTS) is 1. The predicted octanol–water partition coefficient (Wildman–Crippen LogP) is 1.57. The Kier molecular flexibility index (Phi) is 3.14. The summed E-state index contributed by atoms with van der Waals surface area (Å²) in [7, 11) is 0. The zero-order chi connectivity index (χ0) is 13.3. The van der Waals surface area contributed by atoms with Crippen LogP contribution < -0.4 is 5.32 Å². The molecule has 7 heteroatoms. The number of aliphatic carboxylic acids is 1. The van der Waals surface area contributed by atoms with E-state index in [-0.39, 0.29) is 17.3 Å². The highest BCUT2D eigenvalue weighted by Crippen LogP contribution is 2.34. The van der Waals surface area contributed by atoms with Crippen molar-refractivity contribution in [3.63, 3.8) is 0 Å². The van der Waals surface area contributed by atoms with E-state index in [0.717, 1.165) is 12.8 Å². The van der Waals surface area contributed by atoms with Crippen LogP contribution in [-0.2, 0) is 4.79 Å². The van der Waals surface area contributed by atoms with Crippen molar-refractivity contribution in [1.82, 2.24) is 4.98 Å². The van der Waals surface area contributed by atoms with E-state index in [1.54, 1.807) is 0 Å². The zero-order valence-electron chi connectivity index (χ0n) is 9.79. The van der Waals surface area contributed by atoms with E-state index in [1.807, 2.05) is 0 Å². The first kappa shape index (κ1) is 12.3. The van der Waals surface area contributed by atoms with E-state index in [9.17, 15) is 14.9 Å². The number of aromatic nitrogens is 1. The van der Waals surface area contributed by atoms with Crippen LogP contribution in [0.1, 0.15) is 18.5 Å². The number of carbonyl (C=O) groups is 1. The summed E-state index contributed by atoms with van der Waals surface area (Å²) in [6.45, 7) is 1.52. The van der Waals surface area contributed by atoms with Gasteiger partial charge in [-0.1, -0.05) is 0 Å². The average molecular weight is 251 g/mol. The third-order valence-corrected chi connectivity index (χ3v) is 2.92. The molecule has 0 amide bonds. The van der Waals surface area contributed by atoms with E-state index in [4.69, 9.17) is 5.11 Å². The topological polar surface area (TPSA) is 105 Å². The molecule has 0 spiro atoms. The molecule has 7 nitrogen and oxygen atoms in total. The largest absolute Gasteiger partial charge is 0.480 e. The average Bonchev–Trinajstić information content (AvgIpc) is 3.08. The van der Waals surface area contributed by atoms with Gasteiger partial charge in [0.1, 0.15) is 17.6 Å². The standard InChI is InChI=1S/C11H13N3O4/c1-6-8(14(17)18)4-5-9(12-6)13-10(11(15)16)7-2-3-7/h4-5,7,10H,2-3H2,1H3,(H,12,13)(H,15,16). The molecule has 0 radical (unpaired) electrons. The summed E-state index contributed by atoms with van der Waals surface area (Å²) in [5.41, 5.74) is 0.198. The molecule has 0 aliphatic heterocycles. The molecule has 1 unspecified atom stereocenters. The second-order valence-corrected chi connectivity index (χ2v) is 4.36. The maximum Gasteiger partial charge on any atom is 0.326 e. The molecule has 96 valence electrons. The van der Waals surface area contributed by atoms with Crippen LogP contribution in [-0.4, -0.2) is 27.0 Å². The molecule has 0 saturated heterocycles. The van der Waals surface area contributed by atoms with Gasteiger partial charge in [-0.15, -0.1) is 0 Å². The van der Waals surface area contributed by atoms with Crippen LogP contribution in [0.3, 0.4) is 0 Å². The summed E-state index contributed by atoms with van der Waals surface area (Å²) < 4.78 is 0. The van der Waals surface area contributed by atoms with Gasteiger partial charge >= 0.3 is 5.97 Å². The first-order valence-corrected chi connectivity index (χ1v) is 5.60. The highest BCUT2D eigenvalue weighted by molar-refractivity contribution is 5.77. The molecular weight excluding hydrogens is 238 g/mol. The van der Waals surface area contributed by atoms with Crippen molar-refractivity contribution in [2.75, 3.05) is 5.32 Å². The molecule has 0 aromatic carbocycles. The van der Waals surface area contributed by atoms with Crippen LogP contribution >= 0.6 is 0 Å². The number of nitro groups is 1. The number of aryl methyl sites for hydroxylation is 1. The Morgan fingerprint density at radius 1 is 1.61 bits per heavy atom. The minimum Gasteiger partial charge on any atom is -0.480 e. The molecule has 0 bridgehead atoms. The van der Waals surface area contributed by atoms with Crippen LogP contribution in [0.4, 0.5) is 11.5 Å².